The van der Waals surface area contributed by atoms with E-state index in [9.17, 15) is 13.2 Å². The summed E-state index contributed by atoms with van der Waals surface area (Å²) in [5.41, 5.74) is 2.75. The molecule has 2 heterocycles. The van der Waals surface area contributed by atoms with Gasteiger partial charge in [0.2, 0.25) is 0 Å². The van der Waals surface area contributed by atoms with Crippen LogP contribution in [0.1, 0.15) is 53.2 Å². The second kappa shape index (κ2) is 7.13. The smallest absolute Gasteiger partial charge is 0.254 e. The predicted octanol–water partition coefficient (Wildman–Crippen LogP) is 3.34. The molecule has 1 N–H and O–H groups in total. The maximum atomic E-state index is 12.8. The first-order valence-electron chi connectivity index (χ1n) is 9.02. The Bertz CT molecular complexity index is 914. The van der Waals surface area contributed by atoms with E-state index in [1.54, 1.807) is 10.3 Å². The number of thiophene rings is 1. The normalized spacial score (nSPS) is 20.2. The Balaban J connectivity index is 1.54. The fourth-order valence-corrected chi connectivity index (χ4v) is 6.21. The zero-order valence-corrected chi connectivity index (χ0v) is 16.1. The summed E-state index contributed by atoms with van der Waals surface area (Å²) in [6.45, 7) is 1.52. The molecule has 1 aromatic carbocycles. The first-order chi connectivity index (χ1) is 12.5. The summed E-state index contributed by atoms with van der Waals surface area (Å²) in [7, 11) is -3.64. The molecule has 1 saturated heterocycles. The van der Waals surface area contributed by atoms with Crippen molar-refractivity contribution in [3.63, 3.8) is 0 Å². The van der Waals surface area contributed by atoms with Crippen LogP contribution in [0.4, 0.5) is 0 Å². The molecule has 2 aromatic rings. The van der Waals surface area contributed by atoms with Gasteiger partial charge in [0.15, 0.2) is 0 Å². The maximum absolute atomic E-state index is 12.8. The van der Waals surface area contributed by atoms with Gasteiger partial charge in [-0.3, -0.25) is 4.79 Å². The first-order valence-corrected chi connectivity index (χ1v) is 11.4. The van der Waals surface area contributed by atoms with Crippen molar-refractivity contribution in [2.24, 2.45) is 0 Å². The third kappa shape index (κ3) is 3.43. The van der Waals surface area contributed by atoms with Crippen molar-refractivity contribution in [3.05, 3.63) is 52.4 Å². The third-order valence-corrected chi connectivity index (χ3v) is 8.06. The van der Waals surface area contributed by atoms with Crippen molar-refractivity contribution in [1.29, 1.82) is 0 Å². The van der Waals surface area contributed by atoms with E-state index in [0.717, 1.165) is 62.1 Å². The molecule has 7 heteroatoms. The molecular formula is C19H22N2O3S2. The zero-order valence-electron chi connectivity index (χ0n) is 14.5. The molecule has 4 rings (SSSR count). The standard InChI is InChI=1S/C19H22N2O3S2/c22-19(21-10-3-4-11-21)15-12-18(25-13-15)26(23,24)20-17-9-5-7-14-6-1-2-8-16(14)17/h1-2,6,8,12-13,17,20H,3-5,7,9-11H2/t17-/m0/s1. The zero-order chi connectivity index (χ0) is 18.1. The Morgan fingerprint density at radius 1 is 1.15 bits per heavy atom. The van der Waals surface area contributed by atoms with Crippen molar-refractivity contribution in [3.8, 4) is 0 Å². The Kier molecular flexibility index (Phi) is 4.86. The monoisotopic (exact) mass is 390 g/mol. The van der Waals surface area contributed by atoms with Crippen LogP contribution in [-0.2, 0) is 16.4 Å². The lowest BCUT2D eigenvalue weighted by atomic mass is 9.88. The molecule has 2 aliphatic rings. The number of carbonyl (C=O) groups is 1. The van der Waals surface area contributed by atoms with E-state index in [0.29, 0.717) is 5.56 Å². The topological polar surface area (TPSA) is 66.5 Å². The van der Waals surface area contributed by atoms with Crippen LogP contribution >= 0.6 is 11.3 Å². The molecule has 1 amide bonds. The van der Waals surface area contributed by atoms with Crippen LogP contribution in [0, 0.1) is 0 Å². The Labute approximate surface area is 158 Å². The van der Waals surface area contributed by atoms with Gasteiger partial charge in [-0.2, -0.15) is 0 Å². The van der Waals surface area contributed by atoms with E-state index in [1.807, 2.05) is 18.2 Å². The number of nitrogens with one attached hydrogen (secondary N) is 1. The molecule has 0 bridgehead atoms. The number of fused-ring (bicyclic) bond motifs is 1. The molecule has 1 aliphatic carbocycles. The molecule has 5 nitrogen and oxygen atoms in total. The number of likely N-dealkylation sites (tertiary alicyclic amines) is 1. The van der Waals surface area contributed by atoms with E-state index in [-0.39, 0.29) is 16.2 Å². The summed E-state index contributed by atoms with van der Waals surface area (Å²) in [4.78, 5) is 14.3. The highest BCUT2D eigenvalue weighted by Gasteiger charge is 2.28. The number of carbonyl (C=O) groups excluding carboxylic acids is 1. The van der Waals surface area contributed by atoms with Gasteiger partial charge in [-0.25, -0.2) is 13.1 Å². The van der Waals surface area contributed by atoms with Crippen LogP contribution in [0.15, 0.2) is 39.9 Å². The molecule has 138 valence electrons. The number of benzene rings is 1. The lowest BCUT2D eigenvalue weighted by molar-refractivity contribution is 0.0793. The van der Waals surface area contributed by atoms with E-state index in [4.69, 9.17) is 0 Å². The highest BCUT2D eigenvalue weighted by Crippen LogP contribution is 2.32. The molecule has 1 fully saturated rings. The summed E-state index contributed by atoms with van der Waals surface area (Å²) in [5.74, 6) is -0.0665. The highest BCUT2D eigenvalue weighted by molar-refractivity contribution is 7.91. The van der Waals surface area contributed by atoms with E-state index < -0.39 is 10.0 Å². The Morgan fingerprint density at radius 2 is 1.92 bits per heavy atom. The van der Waals surface area contributed by atoms with Gasteiger partial charge in [-0.15, -0.1) is 11.3 Å². The largest absolute Gasteiger partial charge is 0.339 e. The minimum atomic E-state index is -3.64. The second-order valence-electron chi connectivity index (χ2n) is 6.92. The van der Waals surface area contributed by atoms with Crippen molar-refractivity contribution in [2.45, 2.75) is 42.4 Å². The van der Waals surface area contributed by atoms with Gasteiger partial charge in [-0.1, -0.05) is 24.3 Å². The van der Waals surface area contributed by atoms with E-state index >= 15 is 0 Å². The van der Waals surface area contributed by atoms with Gasteiger partial charge < -0.3 is 4.90 Å². The van der Waals surface area contributed by atoms with Crippen LogP contribution in [0.3, 0.4) is 0 Å². The number of sulfonamides is 1. The molecule has 0 unspecified atom stereocenters. The predicted molar refractivity (Wildman–Crippen MR) is 102 cm³/mol. The first kappa shape index (κ1) is 17.7. The van der Waals surface area contributed by atoms with Gasteiger partial charge in [0, 0.05) is 24.5 Å². The molecule has 0 radical (unpaired) electrons. The molecule has 1 atom stereocenters. The van der Waals surface area contributed by atoms with Crippen LogP contribution in [-0.4, -0.2) is 32.3 Å². The maximum Gasteiger partial charge on any atom is 0.254 e. The number of rotatable bonds is 4. The van der Waals surface area contributed by atoms with Crippen molar-refractivity contribution in [2.75, 3.05) is 13.1 Å². The highest BCUT2D eigenvalue weighted by atomic mass is 32.2. The van der Waals surface area contributed by atoms with E-state index in [2.05, 4.69) is 10.8 Å². The molecule has 26 heavy (non-hydrogen) atoms. The van der Waals surface area contributed by atoms with E-state index in [1.165, 1.54) is 11.6 Å². The van der Waals surface area contributed by atoms with Crippen LogP contribution in [0.2, 0.25) is 0 Å². The number of nitrogens with zero attached hydrogens (tertiary/aromatic N) is 1. The van der Waals surface area contributed by atoms with Gasteiger partial charge in [-0.05, 0) is 49.3 Å². The van der Waals surface area contributed by atoms with Gasteiger partial charge >= 0.3 is 0 Å². The Morgan fingerprint density at radius 3 is 2.73 bits per heavy atom. The lowest BCUT2D eigenvalue weighted by Gasteiger charge is -2.25. The van der Waals surface area contributed by atoms with Gasteiger partial charge in [0.05, 0.1) is 5.56 Å². The molecule has 0 saturated carbocycles. The quantitative estimate of drug-likeness (QED) is 0.871. The fourth-order valence-electron chi connectivity index (χ4n) is 3.79. The molecule has 0 spiro atoms. The minimum Gasteiger partial charge on any atom is -0.339 e. The average Bonchev–Trinajstić information content (AvgIpc) is 3.33. The minimum absolute atomic E-state index is 0.0665. The lowest BCUT2D eigenvalue weighted by Crippen LogP contribution is -2.30. The number of aryl methyl sites for hydroxylation is 1. The molecule has 1 aromatic heterocycles. The summed E-state index contributed by atoms with van der Waals surface area (Å²) in [6.07, 6.45) is 4.78. The number of amides is 1. The summed E-state index contributed by atoms with van der Waals surface area (Å²) < 4.78 is 28.7. The molecule has 1 aliphatic heterocycles. The van der Waals surface area contributed by atoms with Crippen molar-refractivity contribution >= 4 is 27.3 Å². The number of hydrogen-bond donors (Lipinski definition) is 1. The summed E-state index contributed by atoms with van der Waals surface area (Å²) in [5, 5.41) is 1.66. The van der Waals surface area contributed by atoms with Gasteiger partial charge in [0.25, 0.3) is 15.9 Å². The number of hydrogen-bond acceptors (Lipinski definition) is 4. The van der Waals surface area contributed by atoms with Crippen molar-refractivity contribution in [1.82, 2.24) is 9.62 Å². The van der Waals surface area contributed by atoms with Crippen molar-refractivity contribution < 1.29 is 13.2 Å². The third-order valence-electron chi connectivity index (χ3n) is 5.15. The van der Waals surface area contributed by atoms with Crippen LogP contribution in [0.5, 0.6) is 0 Å². The second-order valence-corrected chi connectivity index (χ2v) is 9.77. The summed E-state index contributed by atoms with van der Waals surface area (Å²) >= 11 is 1.12. The summed E-state index contributed by atoms with van der Waals surface area (Å²) in [6, 6.07) is 9.31. The fraction of sp³-hybridized carbons (Fsp3) is 0.421. The Hall–Kier alpha value is -1.70. The van der Waals surface area contributed by atoms with Gasteiger partial charge in [0.1, 0.15) is 4.21 Å². The van der Waals surface area contributed by atoms with Crippen LogP contribution in [0.25, 0.3) is 0 Å². The SMILES string of the molecule is O=C(c1csc(S(=O)(=O)N[C@H]2CCCc3ccccc32)c1)N1CCCC1. The average molecular weight is 391 g/mol. The molecular weight excluding hydrogens is 368 g/mol. The van der Waals surface area contributed by atoms with Crippen LogP contribution < -0.4 is 4.72 Å².